The Kier molecular flexibility index (Phi) is 4.09. The first-order chi connectivity index (χ1) is 12.9. The number of nitrogens with zero attached hydrogens (tertiary/aromatic N) is 1. The van der Waals surface area contributed by atoms with Gasteiger partial charge in [0.15, 0.2) is 0 Å². The Morgan fingerprint density at radius 2 is 1.96 bits per heavy atom. The molecule has 1 saturated carbocycles. The molecule has 0 aromatic heterocycles. The van der Waals surface area contributed by atoms with Crippen molar-refractivity contribution in [2.75, 3.05) is 13.1 Å². The zero-order valence-electron chi connectivity index (χ0n) is 16.8. The van der Waals surface area contributed by atoms with Crippen molar-refractivity contribution in [2.24, 2.45) is 17.8 Å². The standard InChI is InChI=1S/C24H33NO2/c1-16-9-10-18(20(26)13-16)23(2,3)25-14-19-22(17-7-5-4-6-8-17)21-11-12-24(19,15-25)27-21/h4-8,11-12,16,18-22,26H,9-10,13-15H2,1-3H3/t16-,18-,19+,20-,21+,22+,24+/m1/s1. The highest BCUT2D eigenvalue weighted by Gasteiger charge is 2.63. The lowest BCUT2D eigenvalue weighted by molar-refractivity contribution is -0.0512. The van der Waals surface area contributed by atoms with Gasteiger partial charge in [0.25, 0.3) is 0 Å². The fourth-order valence-electron chi connectivity index (χ4n) is 6.55. The summed E-state index contributed by atoms with van der Waals surface area (Å²) in [5.74, 6) is 1.95. The molecule has 2 bridgehead atoms. The van der Waals surface area contributed by atoms with Crippen molar-refractivity contribution in [3.05, 3.63) is 48.0 Å². The van der Waals surface area contributed by atoms with Crippen molar-refractivity contribution >= 4 is 0 Å². The SMILES string of the molecule is C[C@@H]1CC[C@@H](C(C)(C)N2C[C@H]3[C@H](c4ccccc4)[C@@H]4C=C[C@@]3(C2)O4)[C@H](O)C1. The quantitative estimate of drug-likeness (QED) is 0.820. The molecule has 3 heterocycles. The summed E-state index contributed by atoms with van der Waals surface area (Å²) < 4.78 is 6.59. The predicted octanol–water partition coefficient (Wildman–Crippen LogP) is 3.99. The molecule has 4 aliphatic rings. The number of hydrogen-bond acceptors (Lipinski definition) is 3. The topological polar surface area (TPSA) is 32.7 Å². The molecule has 1 aromatic carbocycles. The van der Waals surface area contributed by atoms with Gasteiger partial charge in [-0.15, -0.1) is 0 Å². The second kappa shape index (κ2) is 6.17. The Labute approximate surface area is 163 Å². The summed E-state index contributed by atoms with van der Waals surface area (Å²) in [6.45, 7) is 8.99. The average Bonchev–Trinajstić information content (AvgIpc) is 3.30. The number of aliphatic hydroxyl groups excluding tert-OH is 1. The normalized spacial score (nSPS) is 44.0. The van der Waals surface area contributed by atoms with Crippen molar-refractivity contribution in [1.29, 1.82) is 0 Å². The molecule has 2 saturated heterocycles. The fourth-order valence-corrected chi connectivity index (χ4v) is 6.55. The van der Waals surface area contributed by atoms with E-state index in [1.165, 1.54) is 12.0 Å². The van der Waals surface area contributed by atoms with E-state index in [0.717, 1.165) is 25.9 Å². The summed E-state index contributed by atoms with van der Waals surface area (Å²) in [6, 6.07) is 10.9. The van der Waals surface area contributed by atoms with Crippen molar-refractivity contribution in [1.82, 2.24) is 4.90 Å². The van der Waals surface area contributed by atoms with Gasteiger partial charge in [0.1, 0.15) is 5.60 Å². The van der Waals surface area contributed by atoms with E-state index in [9.17, 15) is 5.11 Å². The number of ether oxygens (including phenoxy) is 1. The van der Waals surface area contributed by atoms with Crippen LogP contribution in [0.5, 0.6) is 0 Å². The van der Waals surface area contributed by atoms with E-state index in [4.69, 9.17) is 4.74 Å². The molecule has 0 radical (unpaired) electrons. The molecule has 0 amide bonds. The molecular weight excluding hydrogens is 334 g/mol. The first-order valence-electron chi connectivity index (χ1n) is 10.8. The lowest BCUT2D eigenvalue weighted by atomic mass is 9.71. The Morgan fingerprint density at radius 3 is 2.70 bits per heavy atom. The fraction of sp³-hybridized carbons (Fsp3) is 0.667. The molecule has 27 heavy (non-hydrogen) atoms. The van der Waals surface area contributed by atoms with Crippen molar-refractivity contribution < 1.29 is 9.84 Å². The van der Waals surface area contributed by atoms with Gasteiger partial charge in [0.2, 0.25) is 0 Å². The van der Waals surface area contributed by atoms with E-state index in [2.05, 4.69) is 68.2 Å². The molecule has 7 atom stereocenters. The highest BCUT2D eigenvalue weighted by Crippen LogP contribution is 2.56. The molecule has 1 aliphatic carbocycles. The van der Waals surface area contributed by atoms with Gasteiger partial charge >= 0.3 is 0 Å². The van der Waals surface area contributed by atoms with Crippen LogP contribution < -0.4 is 0 Å². The van der Waals surface area contributed by atoms with Crippen LogP contribution in [0.25, 0.3) is 0 Å². The number of hydrogen-bond donors (Lipinski definition) is 1. The zero-order chi connectivity index (χ0) is 18.8. The third kappa shape index (κ3) is 2.66. The van der Waals surface area contributed by atoms with Gasteiger partial charge in [-0.3, -0.25) is 4.90 Å². The van der Waals surface area contributed by atoms with Crippen molar-refractivity contribution in [2.45, 2.75) is 69.3 Å². The summed E-state index contributed by atoms with van der Waals surface area (Å²) in [6.07, 6.45) is 7.99. The van der Waals surface area contributed by atoms with Crippen molar-refractivity contribution in [3.8, 4) is 0 Å². The molecule has 5 rings (SSSR count). The van der Waals surface area contributed by atoms with E-state index >= 15 is 0 Å². The second-order valence-electron chi connectivity index (χ2n) is 10.1. The van der Waals surface area contributed by atoms with E-state index in [0.29, 0.717) is 23.7 Å². The van der Waals surface area contributed by atoms with Gasteiger partial charge in [0.05, 0.1) is 12.2 Å². The molecule has 1 N–H and O–H groups in total. The molecule has 0 unspecified atom stereocenters. The number of benzene rings is 1. The lowest BCUT2D eigenvalue weighted by Gasteiger charge is -2.47. The smallest absolute Gasteiger partial charge is 0.104 e. The Hall–Kier alpha value is -1.16. The minimum atomic E-state index is -0.181. The van der Waals surface area contributed by atoms with Crippen LogP contribution >= 0.6 is 0 Å². The minimum absolute atomic E-state index is 0.00479. The van der Waals surface area contributed by atoms with Gasteiger partial charge in [-0.2, -0.15) is 0 Å². The summed E-state index contributed by atoms with van der Waals surface area (Å²) >= 11 is 0. The highest BCUT2D eigenvalue weighted by molar-refractivity contribution is 5.36. The van der Waals surface area contributed by atoms with Crippen LogP contribution in [0.15, 0.2) is 42.5 Å². The second-order valence-corrected chi connectivity index (χ2v) is 10.1. The molecule has 1 aromatic rings. The Bertz CT molecular complexity index is 729. The van der Waals surface area contributed by atoms with Gasteiger partial charge in [-0.1, -0.05) is 55.8 Å². The molecule has 3 heteroatoms. The highest BCUT2D eigenvalue weighted by atomic mass is 16.5. The lowest BCUT2D eigenvalue weighted by Crippen LogP contribution is -2.54. The van der Waals surface area contributed by atoms with Crippen LogP contribution in [-0.2, 0) is 4.74 Å². The number of fused-ring (bicyclic) bond motifs is 1. The summed E-state index contributed by atoms with van der Waals surface area (Å²) in [4.78, 5) is 2.63. The Morgan fingerprint density at radius 1 is 1.19 bits per heavy atom. The molecule has 3 nitrogen and oxygen atoms in total. The van der Waals surface area contributed by atoms with Gasteiger partial charge in [0, 0.05) is 36.4 Å². The number of likely N-dealkylation sites (tertiary alicyclic amines) is 1. The van der Waals surface area contributed by atoms with Crippen LogP contribution in [0.2, 0.25) is 0 Å². The number of rotatable bonds is 3. The predicted molar refractivity (Wildman–Crippen MR) is 108 cm³/mol. The average molecular weight is 368 g/mol. The molecule has 1 spiro atoms. The third-order valence-electron chi connectivity index (χ3n) is 8.18. The minimum Gasteiger partial charge on any atom is -0.393 e. The van der Waals surface area contributed by atoms with E-state index in [1.807, 2.05) is 0 Å². The first kappa shape index (κ1) is 17.9. The number of aliphatic hydroxyl groups is 1. The maximum atomic E-state index is 10.8. The maximum Gasteiger partial charge on any atom is 0.104 e. The van der Waals surface area contributed by atoms with Crippen LogP contribution in [0.1, 0.15) is 51.5 Å². The third-order valence-corrected chi connectivity index (χ3v) is 8.18. The van der Waals surface area contributed by atoms with Gasteiger partial charge < -0.3 is 9.84 Å². The molecule has 3 aliphatic heterocycles. The summed E-state index contributed by atoms with van der Waals surface area (Å²) in [7, 11) is 0. The summed E-state index contributed by atoms with van der Waals surface area (Å²) in [5.41, 5.74) is 1.27. The Balaban J connectivity index is 1.41. The van der Waals surface area contributed by atoms with Crippen LogP contribution in [-0.4, -0.2) is 46.4 Å². The summed E-state index contributed by atoms with van der Waals surface area (Å²) in [5, 5.41) is 10.8. The van der Waals surface area contributed by atoms with Gasteiger partial charge in [-0.05, 0) is 38.2 Å². The van der Waals surface area contributed by atoms with Crippen LogP contribution in [0.4, 0.5) is 0 Å². The first-order valence-corrected chi connectivity index (χ1v) is 10.8. The molecule has 3 fully saturated rings. The monoisotopic (exact) mass is 367 g/mol. The van der Waals surface area contributed by atoms with E-state index < -0.39 is 0 Å². The van der Waals surface area contributed by atoms with Gasteiger partial charge in [-0.25, -0.2) is 0 Å². The van der Waals surface area contributed by atoms with E-state index in [-0.39, 0.29) is 23.3 Å². The van der Waals surface area contributed by atoms with Crippen LogP contribution in [0.3, 0.4) is 0 Å². The largest absolute Gasteiger partial charge is 0.393 e. The molecular formula is C24H33NO2. The zero-order valence-corrected chi connectivity index (χ0v) is 16.8. The van der Waals surface area contributed by atoms with Crippen molar-refractivity contribution in [3.63, 3.8) is 0 Å². The van der Waals surface area contributed by atoms with E-state index in [1.54, 1.807) is 0 Å². The maximum absolute atomic E-state index is 10.8. The van der Waals surface area contributed by atoms with Crippen LogP contribution in [0, 0.1) is 17.8 Å². The molecule has 146 valence electrons.